The summed E-state index contributed by atoms with van der Waals surface area (Å²) in [4.78, 5) is 2.33. The lowest BCUT2D eigenvalue weighted by molar-refractivity contribution is 0.318. The van der Waals surface area contributed by atoms with E-state index < -0.39 is 0 Å². The molecule has 0 N–H and O–H groups in total. The third-order valence-corrected chi connectivity index (χ3v) is 2.07. The molecule has 0 aliphatic carbocycles. The minimum atomic E-state index is 0.497. The average molecular weight is 137 g/mol. The van der Waals surface area contributed by atoms with Crippen molar-refractivity contribution in [3.63, 3.8) is 0 Å². The first-order chi connectivity index (χ1) is 4.64. The summed E-state index contributed by atoms with van der Waals surface area (Å²) in [6.45, 7) is 7.75. The molecule has 56 valence electrons. The Hall–Kier alpha value is -0.480. The molecule has 0 atom stereocenters. The Balaban J connectivity index is 2.38. The van der Waals surface area contributed by atoms with Crippen molar-refractivity contribution in [2.24, 2.45) is 5.41 Å². The van der Waals surface area contributed by atoms with Crippen LogP contribution in [-0.2, 0) is 0 Å². The van der Waals surface area contributed by atoms with Crippen LogP contribution in [0.3, 0.4) is 0 Å². The SMILES string of the molecule is C#CCN1CCC(C)(C)C1. The van der Waals surface area contributed by atoms with E-state index in [0.717, 1.165) is 13.1 Å². The molecule has 0 unspecified atom stereocenters. The molecule has 0 bridgehead atoms. The second-order valence-corrected chi connectivity index (χ2v) is 3.83. The Labute approximate surface area is 63.4 Å². The van der Waals surface area contributed by atoms with Gasteiger partial charge in [0.2, 0.25) is 0 Å². The quantitative estimate of drug-likeness (QED) is 0.493. The van der Waals surface area contributed by atoms with Gasteiger partial charge in [0.1, 0.15) is 0 Å². The lowest BCUT2D eigenvalue weighted by Crippen LogP contribution is -2.23. The summed E-state index contributed by atoms with van der Waals surface area (Å²) in [5, 5.41) is 0. The minimum Gasteiger partial charge on any atom is -0.292 e. The first-order valence-corrected chi connectivity index (χ1v) is 3.80. The van der Waals surface area contributed by atoms with Crippen LogP contribution in [0.5, 0.6) is 0 Å². The lowest BCUT2D eigenvalue weighted by Gasteiger charge is -2.17. The summed E-state index contributed by atoms with van der Waals surface area (Å²) < 4.78 is 0. The molecule has 1 aliphatic heterocycles. The highest BCUT2D eigenvalue weighted by molar-refractivity contribution is 4.92. The first kappa shape index (κ1) is 7.63. The summed E-state index contributed by atoms with van der Waals surface area (Å²) in [5.41, 5.74) is 0.497. The van der Waals surface area contributed by atoms with Crippen LogP contribution in [0.1, 0.15) is 20.3 Å². The number of rotatable bonds is 1. The van der Waals surface area contributed by atoms with Crippen LogP contribution in [0.25, 0.3) is 0 Å². The monoisotopic (exact) mass is 137 g/mol. The van der Waals surface area contributed by atoms with Crippen LogP contribution in [0.2, 0.25) is 0 Å². The number of likely N-dealkylation sites (tertiary alicyclic amines) is 1. The van der Waals surface area contributed by atoms with Gasteiger partial charge in [0.25, 0.3) is 0 Å². The highest BCUT2D eigenvalue weighted by Crippen LogP contribution is 2.27. The van der Waals surface area contributed by atoms with Crippen molar-refractivity contribution in [1.29, 1.82) is 0 Å². The smallest absolute Gasteiger partial charge is 0.0599 e. The molecule has 0 spiro atoms. The van der Waals surface area contributed by atoms with Crippen molar-refractivity contribution in [2.75, 3.05) is 19.6 Å². The Morgan fingerprint density at radius 1 is 1.60 bits per heavy atom. The number of terminal acetylenes is 1. The molecule has 1 rings (SSSR count). The fourth-order valence-electron chi connectivity index (χ4n) is 1.49. The molecule has 1 heterocycles. The van der Waals surface area contributed by atoms with E-state index in [1.54, 1.807) is 0 Å². The average Bonchev–Trinajstić information content (AvgIpc) is 2.12. The molecule has 1 heteroatoms. The molecule has 1 nitrogen and oxygen atoms in total. The molecule has 0 saturated carbocycles. The number of hydrogen-bond donors (Lipinski definition) is 0. The van der Waals surface area contributed by atoms with E-state index >= 15 is 0 Å². The molecular weight excluding hydrogens is 122 g/mol. The zero-order valence-electron chi connectivity index (χ0n) is 6.85. The van der Waals surface area contributed by atoms with Crippen LogP contribution >= 0.6 is 0 Å². The highest BCUT2D eigenvalue weighted by atomic mass is 15.1. The van der Waals surface area contributed by atoms with E-state index in [2.05, 4.69) is 24.7 Å². The maximum atomic E-state index is 5.21. The molecule has 1 saturated heterocycles. The standard InChI is InChI=1S/C9H15N/c1-4-6-10-7-5-9(2,3)8-10/h1H,5-8H2,2-3H3. The van der Waals surface area contributed by atoms with Gasteiger partial charge in [0, 0.05) is 6.54 Å². The van der Waals surface area contributed by atoms with Crippen LogP contribution in [0.15, 0.2) is 0 Å². The zero-order chi connectivity index (χ0) is 7.61. The summed E-state index contributed by atoms with van der Waals surface area (Å²) in [5.74, 6) is 2.67. The van der Waals surface area contributed by atoms with E-state index in [0.29, 0.717) is 5.41 Å². The summed E-state index contributed by atoms with van der Waals surface area (Å²) in [6, 6.07) is 0. The largest absolute Gasteiger partial charge is 0.292 e. The van der Waals surface area contributed by atoms with E-state index in [1.165, 1.54) is 13.0 Å². The maximum absolute atomic E-state index is 5.21. The van der Waals surface area contributed by atoms with Crippen molar-refractivity contribution in [2.45, 2.75) is 20.3 Å². The van der Waals surface area contributed by atoms with Crippen molar-refractivity contribution in [3.8, 4) is 12.3 Å². The molecule has 1 fully saturated rings. The van der Waals surface area contributed by atoms with Gasteiger partial charge in [-0.1, -0.05) is 19.8 Å². The van der Waals surface area contributed by atoms with Gasteiger partial charge in [-0.2, -0.15) is 0 Å². The van der Waals surface area contributed by atoms with Crippen LogP contribution in [-0.4, -0.2) is 24.5 Å². The van der Waals surface area contributed by atoms with Gasteiger partial charge in [-0.05, 0) is 18.4 Å². The summed E-state index contributed by atoms with van der Waals surface area (Å²) in [6.07, 6.45) is 6.49. The molecule has 0 aromatic rings. The molecule has 0 amide bonds. The van der Waals surface area contributed by atoms with Gasteiger partial charge in [0.15, 0.2) is 0 Å². The van der Waals surface area contributed by atoms with Gasteiger partial charge < -0.3 is 0 Å². The van der Waals surface area contributed by atoms with Gasteiger partial charge in [-0.3, -0.25) is 4.90 Å². The zero-order valence-corrected chi connectivity index (χ0v) is 6.85. The molecule has 0 aromatic heterocycles. The Morgan fingerprint density at radius 2 is 2.30 bits per heavy atom. The van der Waals surface area contributed by atoms with Gasteiger partial charge in [-0.25, -0.2) is 0 Å². The second-order valence-electron chi connectivity index (χ2n) is 3.83. The summed E-state index contributed by atoms with van der Waals surface area (Å²) >= 11 is 0. The number of nitrogens with zero attached hydrogens (tertiary/aromatic N) is 1. The van der Waals surface area contributed by atoms with Crippen molar-refractivity contribution >= 4 is 0 Å². The molecular formula is C9H15N. The van der Waals surface area contributed by atoms with Crippen molar-refractivity contribution in [3.05, 3.63) is 0 Å². The predicted octanol–water partition coefficient (Wildman–Crippen LogP) is 1.35. The highest BCUT2D eigenvalue weighted by Gasteiger charge is 2.27. The van der Waals surface area contributed by atoms with E-state index in [-0.39, 0.29) is 0 Å². The van der Waals surface area contributed by atoms with Gasteiger partial charge >= 0.3 is 0 Å². The Morgan fingerprint density at radius 3 is 2.70 bits per heavy atom. The fraction of sp³-hybridized carbons (Fsp3) is 0.778. The van der Waals surface area contributed by atoms with Crippen molar-refractivity contribution in [1.82, 2.24) is 4.90 Å². The van der Waals surface area contributed by atoms with Gasteiger partial charge in [-0.15, -0.1) is 6.42 Å². The van der Waals surface area contributed by atoms with Crippen LogP contribution in [0, 0.1) is 17.8 Å². The Kier molecular flexibility index (Phi) is 2.01. The second kappa shape index (κ2) is 2.64. The third kappa shape index (κ3) is 1.75. The molecule has 0 aromatic carbocycles. The Bertz CT molecular complexity index is 153. The van der Waals surface area contributed by atoms with Crippen LogP contribution < -0.4 is 0 Å². The summed E-state index contributed by atoms with van der Waals surface area (Å²) in [7, 11) is 0. The maximum Gasteiger partial charge on any atom is 0.0599 e. The van der Waals surface area contributed by atoms with Gasteiger partial charge in [0.05, 0.1) is 6.54 Å². The fourth-order valence-corrected chi connectivity index (χ4v) is 1.49. The minimum absolute atomic E-state index is 0.497. The molecule has 1 aliphatic rings. The first-order valence-electron chi connectivity index (χ1n) is 3.80. The van der Waals surface area contributed by atoms with Crippen LogP contribution in [0.4, 0.5) is 0 Å². The normalized spacial score (nSPS) is 24.5. The van der Waals surface area contributed by atoms with Crippen molar-refractivity contribution < 1.29 is 0 Å². The topological polar surface area (TPSA) is 3.24 Å². The predicted molar refractivity (Wildman–Crippen MR) is 43.7 cm³/mol. The van der Waals surface area contributed by atoms with E-state index in [1.807, 2.05) is 0 Å². The molecule has 10 heavy (non-hydrogen) atoms. The molecule has 0 radical (unpaired) electrons. The lowest BCUT2D eigenvalue weighted by atomic mass is 9.93. The number of hydrogen-bond acceptors (Lipinski definition) is 1. The van der Waals surface area contributed by atoms with E-state index in [4.69, 9.17) is 6.42 Å². The van der Waals surface area contributed by atoms with E-state index in [9.17, 15) is 0 Å². The third-order valence-electron chi connectivity index (χ3n) is 2.07.